The molecule has 42 heavy (non-hydrogen) atoms. The number of carbonyl (C=O) groups excluding carboxylic acids is 2. The molecule has 0 radical (unpaired) electrons. The normalized spacial score (nSPS) is 20.1. The summed E-state index contributed by atoms with van der Waals surface area (Å²) in [6.07, 6.45) is 1.96. The maximum atomic E-state index is 13.3. The minimum atomic E-state index is -3.60. The lowest BCUT2D eigenvalue weighted by molar-refractivity contribution is -0.125. The zero-order chi connectivity index (χ0) is 29.9. The van der Waals surface area contributed by atoms with E-state index >= 15 is 0 Å². The summed E-state index contributed by atoms with van der Waals surface area (Å²) in [4.78, 5) is 32.1. The number of pyridine rings is 1. The van der Waals surface area contributed by atoms with Crippen LogP contribution in [0, 0.1) is 23.6 Å². The average Bonchev–Trinajstić information content (AvgIpc) is 2.99. The lowest BCUT2D eigenvalue weighted by Gasteiger charge is -2.35. The molecule has 2 aliphatic rings. The molecule has 1 aromatic heterocycles. The number of ether oxygens (including phenoxy) is 1. The van der Waals surface area contributed by atoms with Crippen LogP contribution >= 0.6 is 0 Å². The van der Waals surface area contributed by atoms with Crippen molar-refractivity contribution in [1.82, 2.24) is 14.2 Å². The number of ketones is 1. The summed E-state index contributed by atoms with van der Waals surface area (Å²) in [6, 6.07) is 18.2. The summed E-state index contributed by atoms with van der Waals surface area (Å²) in [7, 11) is -3.60. The van der Waals surface area contributed by atoms with Gasteiger partial charge in [-0.15, -0.1) is 0 Å². The van der Waals surface area contributed by atoms with Crippen LogP contribution < -0.4 is 4.74 Å². The smallest absolute Gasteiger partial charge is 0.272 e. The Balaban J connectivity index is 1.17. The third-order valence-electron chi connectivity index (χ3n) is 8.25. The third-order valence-corrected chi connectivity index (χ3v) is 10.2. The minimum Gasteiger partial charge on any atom is -0.457 e. The van der Waals surface area contributed by atoms with Gasteiger partial charge in [0.2, 0.25) is 10.0 Å². The summed E-state index contributed by atoms with van der Waals surface area (Å²) in [5.41, 5.74) is 1.69. The topological polar surface area (TPSA) is 96.9 Å². The summed E-state index contributed by atoms with van der Waals surface area (Å²) in [5.74, 6) is 0.717. The molecule has 2 atom stereocenters. The van der Waals surface area contributed by atoms with Crippen molar-refractivity contribution in [1.29, 1.82) is 0 Å². The highest BCUT2D eigenvalue weighted by molar-refractivity contribution is 7.89. The first-order valence-electron chi connectivity index (χ1n) is 14.4. The molecule has 2 fully saturated rings. The molecule has 2 heterocycles. The molecule has 1 amide bonds. The van der Waals surface area contributed by atoms with Gasteiger partial charge in [-0.3, -0.25) is 9.59 Å². The molecule has 1 saturated carbocycles. The highest BCUT2D eigenvalue weighted by Crippen LogP contribution is 2.32. The minimum absolute atomic E-state index is 0.0540. The van der Waals surface area contributed by atoms with E-state index in [-0.39, 0.29) is 55.1 Å². The zero-order valence-electron chi connectivity index (χ0n) is 23.9. The molecule has 1 saturated heterocycles. The van der Waals surface area contributed by atoms with Crippen molar-refractivity contribution < 1.29 is 27.1 Å². The zero-order valence-corrected chi connectivity index (χ0v) is 24.7. The molecular weight excluding hydrogens is 557 g/mol. The van der Waals surface area contributed by atoms with Crippen LogP contribution in [0.25, 0.3) is 11.3 Å². The molecule has 0 bridgehead atoms. The number of aromatic nitrogens is 1. The maximum Gasteiger partial charge on any atom is 0.272 e. The van der Waals surface area contributed by atoms with E-state index in [9.17, 15) is 22.4 Å². The molecule has 8 nitrogen and oxygen atoms in total. The molecule has 0 N–H and O–H groups in total. The lowest BCUT2D eigenvalue weighted by atomic mass is 9.77. The number of nitrogens with zero attached hydrogens (tertiary/aromatic N) is 3. The lowest BCUT2D eigenvalue weighted by Crippen LogP contribution is -2.52. The Morgan fingerprint density at radius 1 is 0.952 bits per heavy atom. The summed E-state index contributed by atoms with van der Waals surface area (Å²) < 4.78 is 46.6. The molecule has 2 aromatic carbocycles. The second kappa shape index (κ2) is 12.7. The number of halogens is 1. The standard InChI is InChI=1S/C32H36FN3O5S/c1-22(2)24-6-7-25(31(37)20-24)21-42(39,40)36-18-16-35(17-19-36)32(38)30-5-3-4-29(34-30)23-8-12-27(13-9-23)41-28-14-10-26(33)11-15-28/h3-5,8-15,22,24-25H,6-7,16-21H2,1-2H3. The van der Waals surface area contributed by atoms with E-state index < -0.39 is 15.9 Å². The first-order chi connectivity index (χ1) is 20.1. The molecule has 1 aliphatic heterocycles. The van der Waals surface area contributed by atoms with Gasteiger partial charge in [0.1, 0.15) is 28.8 Å². The fourth-order valence-corrected chi connectivity index (χ4v) is 7.38. The van der Waals surface area contributed by atoms with Gasteiger partial charge in [-0.25, -0.2) is 17.8 Å². The van der Waals surface area contributed by atoms with Crippen molar-refractivity contribution in [3.05, 3.63) is 78.2 Å². The maximum absolute atomic E-state index is 13.3. The molecule has 5 rings (SSSR count). The summed E-state index contributed by atoms with van der Waals surface area (Å²) in [6.45, 7) is 5.11. The Bertz CT molecular complexity index is 1520. The van der Waals surface area contributed by atoms with Crippen molar-refractivity contribution >= 4 is 21.7 Å². The summed E-state index contributed by atoms with van der Waals surface area (Å²) in [5, 5.41) is 0. The van der Waals surface area contributed by atoms with Gasteiger partial charge >= 0.3 is 0 Å². The van der Waals surface area contributed by atoms with Gasteiger partial charge in [-0.2, -0.15) is 4.31 Å². The van der Waals surface area contributed by atoms with E-state index in [4.69, 9.17) is 4.74 Å². The van der Waals surface area contributed by atoms with Crippen LogP contribution in [0.2, 0.25) is 0 Å². The number of hydrogen-bond acceptors (Lipinski definition) is 6. The van der Waals surface area contributed by atoms with E-state index in [1.807, 2.05) is 18.2 Å². The molecule has 1 aliphatic carbocycles. The number of hydrogen-bond donors (Lipinski definition) is 0. The van der Waals surface area contributed by atoms with Crippen molar-refractivity contribution in [3.63, 3.8) is 0 Å². The van der Waals surface area contributed by atoms with E-state index in [0.717, 1.165) is 12.0 Å². The molecule has 0 spiro atoms. The Kier molecular flexibility index (Phi) is 9.03. The molecule has 2 unspecified atom stereocenters. The number of amides is 1. The Morgan fingerprint density at radius 3 is 2.21 bits per heavy atom. The Morgan fingerprint density at radius 2 is 1.60 bits per heavy atom. The van der Waals surface area contributed by atoms with Crippen LogP contribution in [0.4, 0.5) is 4.39 Å². The number of piperazine rings is 1. The van der Waals surface area contributed by atoms with Crippen LogP contribution in [-0.2, 0) is 14.8 Å². The fourth-order valence-electron chi connectivity index (χ4n) is 5.59. The molecular formula is C32H36FN3O5S. The van der Waals surface area contributed by atoms with Crippen LogP contribution in [-0.4, -0.2) is 66.2 Å². The number of rotatable bonds is 8. The summed E-state index contributed by atoms with van der Waals surface area (Å²) >= 11 is 0. The van der Waals surface area contributed by atoms with E-state index in [2.05, 4.69) is 18.8 Å². The fraction of sp³-hybridized carbons (Fsp3) is 0.406. The second-order valence-corrected chi connectivity index (χ2v) is 13.4. The van der Waals surface area contributed by atoms with Gasteiger partial charge in [-0.05, 0) is 85.3 Å². The SMILES string of the molecule is CC(C)C1CCC(CS(=O)(=O)N2CCN(C(=O)c3cccc(-c4ccc(Oc5ccc(F)cc5)cc4)n3)CC2)C(=O)C1. The number of Topliss-reactive ketones (excluding diaryl/α,β-unsaturated/α-hetero) is 1. The highest BCUT2D eigenvalue weighted by Gasteiger charge is 2.36. The van der Waals surface area contributed by atoms with Crippen LogP contribution in [0.3, 0.4) is 0 Å². The Hall–Kier alpha value is -3.63. The predicted molar refractivity (Wildman–Crippen MR) is 158 cm³/mol. The van der Waals surface area contributed by atoms with E-state index in [0.29, 0.717) is 41.9 Å². The van der Waals surface area contributed by atoms with Crippen LogP contribution in [0.15, 0.2) is 66.7 Å². The van der Waals surface area contributed by atoms with Gasteiger partial charge in [0, 0.05) is 44.1 Å². The number of carbonyl (C=O) groups is 2. The van der Waals surface area contributed by atoms with Gasteiger partial charge < -0.3 is 9.64 Å². The monoisotopic (exact) mass is 593 g/mol. The van der Waals surface area contributed by atoms with Crippen molar-refractivity contribution in [3.8, 4) is 22.8 Å². The number of benzene rings is 2. The number of sulfonamides is 1. The largest absolute Gasteiger partial charge is 0.457 e. The molecule has 3 aromatic rings. The van der Waals surface area contributed by atoms with Crippen LogP contribution in [0.5, 0.6) is 11.5 Å². The van der Waals surface area contributed by atoms with Crippen molar-refractivity contribution in [2.24, 2.45) is 17.8 Å². The second-order valence-electron chi connectivity index (χ2n) is 11.4. The predicted octanol–water partition coefficient (Wildman–Crippen LogP) is 5.41. The third kappa shape index (κ3) is 7.04. The van der Waals surface area contributed by atoms with E-state index in [1.54, 1.807) is 41.3 Å². The Labute approximate surface area is 246 Å². The van der Waals surface area contributed by atoms with Gasteiger partial charge in [0.05, 0.1) is 11.4 Å². The molecule has 222 valence electrons. The van der Waals surface area contributed by atoms with Gasteiger partial charge in [-0.1, -0.05) is 19.9 Å². The molecule has 10 heteroatoms. The quantitative estimate of drug-likeness (QED) is 0.347. The highest BCUT2D eigenvalue weighted by atomic mass is 32.2. The average molecular weight is 594 g/mol. The first kappa shape index (κ1) is 29.8. The van der Waals surface area contributed by atoms with Gasteiger partial charge in [0.25, 0.3) is 5.91 Å². The van der Waals surface area contributed by atoms with Crippen molar-refractivity contribution in [2.45, 2.75) is 33.1 Å². The van der Waals surface area contributed by atoms with E-state index in [1.165, 1.54) is 16.4 Å². The van der Waals surface area contributed by atoms with Crippen LogP contribution in [0.1, 0.15) is 43.6 Å². The van der Waals surface area contributed by atoms with Crippen molar-refractivity contribution in [2.75, 3.05) is 31.9 Å². The first-order valence-corrected chi connectivity index (χ1v) is 16.0. The van der Waals surface area contributed by atoms with Gasteiger partial charge in [0.15, 0.2) is 0 Å².